The number of methoxy groups -OCH3 is 1. The Balaban J connectivity index is 1.74. The fourth-order valence-corrected chi connectivity index (χ4v) is 4.93. The van der Waals surface area contributed by atoms with Gasteiger partial charge < -0.3 is 9.64 Å². The maximum atomic E-state index is 13.1. The standard InChI is InChI=1S/C23H32N4O2S/c1-5-15-26-22(18-11-13-20(29-4)14-12-18)24-25-23(26)30-16-21(28)27(17(2)3)19-9-7-6-8-10-19/h5,11-14,17,19H,1,6-10,15-16H2,2-4H3. The summed E-state index contributed by atoms with van der Waals surface area (Å²) in [6.07, 6.45) is 7.76. The summed E-state index contributed by atoms with van der Waals surface area (Å²) < 4.78 is 7.25. The van der Waals surface area contributed by atoms with Crippen LogP contribution >= 0.6 is 11.8 Å². The van der Waals surface area contributed by atoms with Crippen molar-refractivity contribution in [2.75, 3.05) is 12.9 Å². The molecule has 2 aromatic rings. The van der Waals surface area contributed by atoms with Crippen LogP contribution in [-0.4, -0.2) is 50.5 Å². The number of ether oxygens (including phenoxy) is 1. The van der Waals surface area contributed by atoms with Crippen LogP contribution in [0.4, 0.5) is 0 Å². The highest BCUT2D eigenvalue weighted by Gasteiger charge is 2.28. The number of benzene rings is 1. The maximum Gasteiger partial charge on any atom is 0.233 e. The van der Waals surface area contributed by atoms with Crippen LogP contribution in [0.5, 0.6) is 5.75 Å². The fraction of sp³-hybridized carbons (Fsp3) is 0.522. The van der Waals surface area contributed by atoms with Gasteiger partial charge in [-0.05, 0) is 51.0 Å². The van der Waals surface area contributed by atoms with Crippen LogP contribution in [0.2, 0.25) is 0 Å². The highest BCUT2D eigenvalue weighted by molar-refractivity contribution is 7.99. The minimum atomic E-state index is 0.182. The molecular weight excluding hydrogens is 396 g/mol. The van der Waals surface area contributed by atoms with Crippen molar-refractivity contribution in [2.45, 2.75) is 69.7 Å². The van der Waals surface area contributed by atoms with Crippen molar-refractivity contribution in [1.82, 2.24) is 19.7 Å². The fourth-order valence-electron chi connectivity index (χ4n) is 4.12. The Morgan fingerprint density at radius 1 is 1.27 bits per heavy atom. The minimum absolute atomic E-state index is 0.182. The van der Waals surface area contributed by atoms with Gasteiger partial charge in [0.15, 0.2) is 11.0 Å². The van der Waals surface area contributed by atoms with Crippen molar-refractivity contribution in [3.05, 3.63) is 36.9 Å². The monoisotopic (exact) mass is 428 g/mol. The molecule has 1 aromatic heterocycles. The van der Waals surface area contributed by atoms with E-state index >= 15 is 0 Å². The van der Waals surface area contributed by atoms with E-state index in [2.05, 4.69) is 35.5 Å². The van der Waals surface area contributed by atoms with Gasteiger partial charge in [0.05, 0.1) is 12.9 Å². The topological polar surface area (TPSA) is 60.2 Å². The molecule has 0 radical (unpaired) electrons. The largest absolute Gasteiger partial charge is 0.497 e. The summed E-state index contributed by atoms with van der Waals surface area (Å²) in [5, 5.41) is 9.49. The first-order chi connectivity index (χ1) is 14.5. The van der Waals surface area contributed by atoms with Gasteiger partial charge in [-0.15, -0.1) is 16.8 Å². The molecule has 1 amide bonds. The van der Waals surface area contributed by atoms with E-state index in [1.807, 2.05) is 34.9 Å². The van der Waals surface area contributed by atoms with Gasteiger partial charge in [0, 0.05) is 24.2 Å². The van der Waals surface area contributed by atoms with Crippen molar-refractivity contribution in [2.24, 2.45) is 0 Å². The predicted molar refractivity (Wildman–Crippen MR) is 122 cm³/mol. The van der Waals surface area contributed by atoms with Gasteiger partial charge in [0.2, 0.25) is 5.91 Å². The number of allylic oxidation sites excluding steroid dienone is 1. The van der Waals surface area contributed by atoms with Crippen molar-refractivity contribution >= 4 is 17.7 Å². The van der Waals surface area contributed by atoms with Crippen molar-refractivity contribution in [3.8, 4) is 17.1 Å². The number of thioether (sulfide) groups is 1. The van der Waals surface area contributed by atoms with Crippen LogP contribution in [0.15, 0.2) is 42.1 Å². The molecule has 0 N–H and O–H groups in total. The first-order valence-electron chi connectivity index (χ1n) is 10.7. The first-order valence-corrected chi connectivity index (χ1v) is 11.7. The summed E-state index contributed by atoms with van der Waals surface area (Å²) in [5.41, 5.74) is 0.953. The van der Waals surface area contributed by atoms with Crippen molar-refractivity contribution in [1.29, 1.82) is 0 Å². The third-order valence-electron chi connectivity index (χ3n) is 5.51. The number of hydrogen-bond acceptors (Lipinski definition) is 5. The van der Waals surface area contributed by atoms with Crippen LogP contribution in [-0.2, 0) is 11.3 Å². The lowest BCUT2D eigenvalue weighted by Crippen LogP contribution is -2.46. The highest BCUT2D eigenvalue weighted by Crippen LogP contribution is 2.28. The second-order valence-electron chi connectivity index (χ2n) is 7.91. The smallest absolute Gasteiger partial charge is 0.233 e. The molecular formula is C23H32N4O2S. The van der Waals surface area contributed by atoms with E-state index in [9.17, 15) is 4.79 Å². The van der Waals surface area contributed by atoms with Crippen LogP contribution in [0.1, 0.15) is 46.0 Å². The lowest BCUT2D eigenvalue weighted by Gasteiger charge is -2.37. The molecule has 0 unspecified atom stereocenters. The molecule has 7 heteroatoms. The van der Waals surface area contributed by atoms with Gasteiger partial charge in [-0.2, -0.15) is 0 Å². The van der Waals surface area contributed by atoms with E-state index in [4.69, 9.17) is 4.74 Å². The Bertz CT molecular complexity index is 841. The molecule has 1 aliphatic carbocycles. The molecule has 1 aromatic carbocycles. The SMILES string of the molecule is C=CCn1c(SCC(=O)N(C(C)C)C2CCCCC2)nnc1-c1ccc(OC)cc1. The number of hydrogen-bond donors (Lipinski definition) is 0. The van der Waals surface area contributed by atoms with Crippen LogP contribution < -0.4 is 4.74 Å². The van der Waals surface area contributed by atoms with Crippen molar-refractivity contribution in [3.63, 3.8) is 0 Å². The molecule has 0 saturated heterocycles. The molecule has 0 aliphatic heterocycles. The molecule has 0 atom stereocenters. The zero-order valence-corrected chi connectivity index (χ0v) is 19.0. The lowest BCUT2D eigenvalue weighted by atomic mass is 9.93. The third-order valence-corrected chi connectivity index (χ3v) is 6.47. The predicted octanol–water partition coefficient (Wildman–Crippen LogP) is 4.80. The summed E-state index contributed by atoms with van der Waals surface area (Å²) in [6, 6.07) is 8.32. The van der Waals surface area contributed by atoms with Crippen molar-refractivity contribution < 1.29 is 9.53 Å². The Hall–Kier alpha value is -2.28. The number of carbonyl (C=O) groups is 1. The molecule has 0 spiro atoms. The normalized spacial score (nSPS) is 14.7. The van der Waals surface area contributed by atoms with Gasteiger partial charge in [-0.3, -0.25) is 9.36 Å². The van der Waals surface area contributed by atoms with Gasteiger partial charge in [0.25, 0.3) is 0 Å². The zero-order chi connectivity index (χ0) is 21.5. The van der Waals surface area contributed by atoms with Crippen LogP contribution in [0.25, 0.3) is 11.4 Å². The summed E-state index contributed by atoms with van der Waals surface area (Å²) in [5.74, 6) is 2.11. The van der Waals surface area contributed by atoms with E-state index in [1.165, 1.54) is 31.0 Å². The van der Waals surface area contributed by atoms with Crippen LogP contribution in [0, 0.1) is 0 Å². The second kappa shape index (κ2) is 10.7. The molecule has 6 nitrogen and oxygen atoms in total. The average molecular weight is 429 g/mol. The number of nitrogens with zero attached hydrogens (tertiary/aromatic N) is 4. The summed E-state index contributed by atoms with van der Waals surface area (Å²) in [7, 11) is 1.65. The number of aromatic nitrogens is 3. The molecule has 162 valence electrons. The molecule has 1 fully saturated rings. The number of rotatable bonds is 9. The number of amides is 1. The first kappa shape index (κ1) is 22.4. The van der Waals surface area contributed by atoms with Gasteiger partial charge >= 0.3 is 0 Å². The van der Waals surface area contributed by atoms with Crippen LogP contribution in [0.3, 0.4) is 0 Å². The Kier molecular flexibility index (Phi) is 7.96. The molecule has 0 bridgehead atoms. The Morgan fingerprint density at radius 3 is 2.57 bits per heavy atom. The summed E-state index contributed by atoms with van der Waals surface area (Å²) in [6.45, 7) is 8.67. The number of carbonyl (C=O) groups excluding carboxylic acids is 1. The van der Waals surface area contributed by atoms with E-state index in [0.29, 0.717) is 18.3 Å². The van der Waals surface area contributed by atoms with Gasteiger partial charge in [-0.25, -0.2) is 0 Å². The van der Waals surface area contributed by atoms with Gasteiger partial charge in [-0.1, -0.05) is 37.1 Å². The minimum Gasteiger partial charge on any atom is -0.497 e. The zero-order valence-electron chi connectivity index (χ0n) is 18.2. The highest BCUT2D eigenvalue weighted by atomic mass is 32.2. The van der Waals surface area contributed by atoms with E-state index in [1.54, 1.807) is 7.11 Å². The second-order valence-corrected chi connectivity index (χ2v) is 8.85. The maximum absolute atomic E-state index is 13.1. The third kappa shape index (κ3) is 5.25. The van der Waals surface area contributed by atoms with Gasteiger partial charge in [0.1, 0.15) is 5.75 Å². The quantitative estimate of drug-likeness (QED) is 0.424. The van der Waals surface area contributed by atoms with E-state index in [0.717, 1.165) is 35.1 Å². The Labute approximate surface area is 183 Å². The lowest BCUT2D eigenvalue weighted by molar-refractivity contribution is -0.133. The molecule has 30 heavy (non-hydrogen) atoms. The molecule has 1 aliphatic rings. The average Bonchev–Trinajstić information content (AvgIpc) is 3.16. The van der Waals surface area contributed by atoms with E-state index in [-0.39, 0.29) is 11.9 Å². The molecule has 1 saturated carbocycles. The Morgan fingerprint density at radius 2 is 1.97 bits per heavy atom. The summed E-state index contributed by atoms with van der Waals surface area (Å²) in [4.78, 5) is 15.2. The molecule has 3 rings (SSSR count). The molecule has 1 heterocycles. The summed E-state index contributed by atoms with van der Waals surface area (Å²) >= 11 is 1.45. The van der Waals surface area contributed by atoms with E-state index < -0.39 is 0 Å².